The van der Waals surface area contributed by atoms with Crippen LogP contribution in [-0.2, 0) is 17.8 Å². The second-order valence-electron chi connectivity index (χ2n) is 4.29. The van der Waals surface area contributed by atoms with Gasteiger partial charge in [-0.05, 0) is 25.5 Å². The maximum Gasteiger partial charge on any atom is 0.224 e. The van der Waals surface area contributed by atoms with Crippen LogP contribution >= 0.6 is 27.3 Å². The second kappa shape index (κ2) is 6.30. The molecule has 1 aromatic carbocycles. The van der Waals surface area contributed by atoms with Crippen molar-refractivity contribution in [1.82, 2.24) is 10.3 Å². The molecule has 100 valence electrons. The third-order valence-corrected chi connectivity index (χ3v) is 4.60. The lowest BCUT2D eigenvalue weighted by atomic mass is 10.1. The Morgan fingerprint density at radius 1 is 1.37 bits per heavy atom. The van der Waals surface area contributed by atoms with Crippen LogP contribution in [0.15, 0.2) is 28.7 Å². The fourth-order valence-corrected chi connectivity index (χ4v) is 3.10. The maximum absolute atomic E-state index is 11.9. The standard InChI is InChI=1S/C14H15BrN2OS/c1-9-13(19-10(2)17-9)8-16-14(18)7-11-5-3-4-6-12(11)15/h3-6H,7-8H2,1-2H3,(H,16,18). The Balaban J connectivity index is 1.92. The lowest BCUT2D eigenvalue weighted by Crippen LogP contribution is -2.24. The molecule has 0 unspecified atom stereocenters. The minimum atomic E-state index is 0.0253. The quantitative estimate of drug-likeness (QED) is 0.928. The van der Waals surface area contributed by atoms with E-state index >= 15 is 0 Å². The van der Waals surface area contributed by atoms with Gasteiger partial charge in [0, 0.05) is 9.35 Å². The Labute approximate surface area is 125 Å². The van der Waals surface area contributed by atoms with Gasteiger partial charge in [-0.1, -0.05) is 34.1 Å². The molecule has 3 nitrogen and oxygen atoms in total. The van der Waals surface area contributed by atoms with E-state index in [9.17, 15) is 4.79 Å². The number of thiazole rings is 1. The monoisotopic (exact) mass is 338 g/mol. The summed E-state index contributed by atoms with van der Waals surface area (Å²) in [4.78, 5) is 17.4. The Kier molecular flexibility index (Phi) is 4.71. The number of aryl methyl sites for hydroxylation is 2. The van der Waals surface area contributed by atoms with Crippen LogP contribution in [0.25, 0.3) is 0 Å². The molecule has 0 saturated carbocycles. The summed E-state index contributed by atoms with van der Waals surface area (Å²) in [5.41, 5.74) is 2.00. The van der Waals surface area contributed by atoms with Crippen molar-refractivity contribution in [3.8, 4) is 0 Å². The van der Waals surface area contributed by atoms with E-state index in [0.717, 1.165) is 25.6 Å². The van der Waals surface area contributed by atoms with Crippen molar-refractivity contribution in [3.05, 3.63) is 49.9 Å². The molecule has 1 heterocycles. The Morgan fingerprint density at radius 2 is 2.11 bits per heavy atom. The fourth-order valence-electron chi connectivity index (χ4n) is 1.79. The molecule has 0 saturated heterocycles. The molecule has 1 aromatic heterocycles. The number of nitrogens with zero attached hydrogens (tertiary/aromatic N) is 1. The first-order valence-corrected chi connectivity index (χ1v) is 7.60. The number of halogens is 1. The highest BCUT2D eigenvalue weighted by Gasteiger charge is 2.09. The van der Waals surface area contributed by atoms with Gasteiger partial charge in [0.05, 0.1) is 23.7 Å². The molecule has 0 aliphatic carbocycles. The summed E-state index contributed by atoms with van der Waals surface area (Å²) in [7, 11) is 0. The molecule has 5 heteroatoms. The van der Waals surface area contributed by atoms with E-state index in [4.69, 9.17) is 0 Å². The number of nitrogens with one attached hydrogen (secondary N) is 1. The van der Waals surface area contributed by atoms with Crippen LogP contribution in [0.5, 0.6) is 0 Å². The summed E-state index contributed by atoms with van der Waals surface area (Å²) < 4.78 is 0.968. The molecule has 0 fully saturated rings. The van der Waals surface area contributed by atoms with Gasteiger partial charge in [0.15, 0.2) is 0 Å². The molecular formula is C14H15BrN2OS. The summed E-state index contributed by atoms with van der Waals surface area (Å²) in [6, 6.07) is 7.77. The highest BCUT2D eigenvalue weighted by molar-refractivity contribution is 9.10. The zero-order valence-corrected chi connectivity index (χ0v) is 13.3. The Hall–Kier alpha value is -1.20. The predicted octanol–water partition coefficient (Wildman–Crippen LogP) is 3.38. The van der Waals surface area contributed by atoms with Gasteiger partial charge in [-0.15, -0.1) is 11.3 Å². The summed E-state index contributed by atoms with van der Waals surface area (Å²) in [6.45, 7) is 4.50. The summed E-state index contributed by atoms with van der Waals surface area (Å²) in [5.74, 6) is 0.0253. The highest BCUT2D eigenvalue weighted by atomic mass is 79.9. The van der Waals surface area contributed by atoms with Crippen molar-refractivity contribution in [2.24, 2.45) is 0 Å². The molecule has 2 aromatic rings. The van der Waals surface area contributed by atoms with Gasteiger partial charge in [0.25, 0.3) is 0 Å². The van der Waals surface area contributed by atoms with Crippen molar-refractivity contribution in [1.29, 1.82) is 0 Å². The lowest BCUT2D eigenvalue weighted by molar-refractivity contribution is -0.120. The van der Waals surface area contributed by atoms with Crippen LogP contribution < -0.4 is 5.32 Å². The van der Waals surface area contributed by atoms with E-state index in [1.807, 2.05) is 38.1 Å². The first-order valence-electron chi connectivity index (χ1n) is 5.99. The minimum absolute atomic E-state index is 0.0253. The van der Waals surface area contributed by atoms with Crippen molar-refractivity contribution in [2.45, 2.75) is 26.8 Å². The SMILES string of the molecule is Cc1nc(C)c(CNC(=O)Cc2ccccc2Br)s1. The van der Waals surface area contributed by atoms with E-state index in [1.165, 1.54) is 0 Å². The van der Waals surface area contributed by atoms with Gasteiger partial charge in [0.2, 0.25) is 5.91 Å². The van der Waals surface area contributed by atoms with Crippen LogP contribution in [0, 0.1) is 13.8 Å². The zero-order chi connectivity index (χ0) is 13.8. The topological polar surface area (TPSA) is 42.0 Å². The molecule has 0 atom stereocenters. The van der Waals surface area contributed by atoms with Crippen LogP contribution in [0.3, 0.4) is 0 Å². The number of carbonyl (C=O) groups excluding carboxylic acids is 1. The number of hydrogen-bond acceptors (Lipinski definition) is 3. The predicted molar refractivity (Wildman–Crippen MR) is 81.3 cm³/mol. The number of amides is 1. The number of rotatable bonds is 4. The summed E-state index contributed by atoms with van der Waals surface area (Å²) in [6.07, 6.45) is 0.387. The maximum atomic E-state index is 11.9. The molecule has 0 aliphatic rings. The summed E-state index contributed by atoms with van der Waals surface area (Å²) >= 11 is 5.08. The van der Waals surface area contributed by atoms with Crippen LogP contribution in [0.4, 0.5) is 0 Å². The largest absolute Gasteiger partial charge is 0.351 e. The van der Waals surface area contributed by atoms with Gasteiger partial charge in [-0.3, -0.25) is 4.79 Å². The average Bonchev–Trinajstić information content (AvgIpc) is 2.68. The van der Waals surface area contributed by atoms with Crippen LogP contribution in [-0.4, -0.2) is 10.9 Å². The third-order valence-electron chi connectivity index (χ3n) is 2.75. The second-order valence-corrected chi connectivity index (χ2v) is 6.43. The molecule has 2 rings (SSSR count). The van der Waals surface area contributed by atoms with E-state index in [-0.39, 0.29) is 5.91 Å². The Morgan fingerprint density at radius 3 is 2.74 bits per heavy atom. The molecule has 19 heavy (non-hydrogen) atoms. The van der Waals surface area contributed by atoms with Gasteiger partial charge in [-0.25, -0.2) is 4.98 Å². The van der Waals surface area contributed by atoms with E-state index < -0.39 is 0 Å². The normalized spacial score (nSPS) is 10.5. The molecule has 0 spiro atoms. The number of aromatic nitrogens is 1. The fraction of sp³-hybridized carbons (Fsp3) is 0.286. The molecule has 0 radical (unpaired) electrons. The Bertz CT molecular complexity index is 595. The first kappa shape index (κ1) is 14.2. The van der Waals surface area contributed by atoms with Crippen molar-refractivity contribution in [3.63, 3.8) is 0 Å². The molecule has 1 amide bonds. The van der Waals surface area contributed by atoms with Gasteiger partial charge >= 0.3 is 0 Å². The lowest BCUT2D eigenvalue weighted by Gasteiger charge is -2.06. The van der Waals surface area contributed by atoms with E-state index in [0.29, 0.717) is 13.0 Å². The van der Waals surface area contributed by atoms with E-state index in [1.54, 1.807) is 11.3 Å². The van der Waals surface area contributed by atoms with Crippen molar-refractivity contribution >= 4 is 33.2 Å². The highest BCUT2D eigenvalue weighted by Crippen LogP contribution is 2.18. The van der Waals surface area contributed by atoms with Crippen LogP contribution in [0.2, 0.25) is 0 Å². The first-order chi connectivity index (χ1) is 9.06. The van der Waals surface area contributed by atoms with Gasteiger partial charge < -0.3 is 5.32 Å². The number of hydrogen-bond donors (Lipinski definition) is 1. The molecule has 0 bridgehead atoms. The van der Waals surface area contributed by atoms with Crippen LogP contribution in [0.1, 0.15) is 21.1 Å². The smallest absolute Gasteiger partial charge is 0.224 e. The minimum Gasteiger partial charge on any atom is -0.351 e. The van der Waals surface area contributed by atoms with E-state index in [2.05, 4.69) is 26.2 Å². The molecular weight excluding hydrogens is 324 g/mol. The van der Waals surface area contributed by atoms with Gasteiger partial charge in [-0.2, -0.15) is 0 Å². The van der Waals surface area contributed by atoms with Gasteiger partial charge in [0.1, 0.15) is 0 Å². The molecule has 1 N–H and O–H groups in total. The third kappa shape index (κ3) is 3.88. The average molecular weight is 339 g/mol. The zero-order valence-electron chi connectivity index (χ0n) is 10.9. The van der Waals surface area contributed by atoms with Crippen molar-refractivity contribution in [2.75, 3.05) is 0 Å². The van der Waals surface area contributed by atoms with Crippen molar-refractivity contribution < 1.29 is 4.79 Å². The number of carbonyl (C=O) groups is 1. The molecule has 0 aliphatic heterocycles. The summed E-state index contributed by atoms with van der Waals surface area (Å²) in [5, 5.41) is 3.97. The number of benzene rings is 1.